The molecule has 9 nitrogen and oxygen atoms in total. The number of anilines is 1. The van der Waals surface area contributed by atoms with Gasteiger partial charge in [-0.05, 0) is 43.5 Å². The average Bonchev–Trinajstić information content (AvgIpc) is 3.49. The third-order valence-corrected chi connectivity index (χ3v) is 6.30. The molecule has 1 aliphatic heterocycles. The molecule has 3 atom stereocenters. The van der Waals surface area contributed by atoms with Crippen molar-refractivity contribution in [1.29, 1.82) is 5.26 Å². The Labute approximate surface area is 195 Å². The van der Waals surface area contributed by atoms with Crippen LogP contribution in [0.5, 0.6) is 5.75 Å². The van der Waals surface area contributed by atoms with Crippen molar-refractivity contribution < 1.29 is 13.8 Å². The number of nitrogen functional groups attached to an aromatic ring is 1. The minimum atomic E-state index is -1.33. The average molecular weight is 471 g/mol. The quantitative estimate of drug-likeness (QED) is 0.437. The lowest BCUT2D eigenvalue weighted by Crippen LogP contribution is -2.28. The maximum atomic E-state index is 9.99. The van der Waals surface area contributed by atoms with Crippen molar-refractivity contribution >= 4 is 19.9 Å². The van der Waals surface area contributed by atoms with E-state index < -0.39 is 14.1 Å². The summed E-state index contributed by atoms with van der Waals surface area (Å²) >= 11 is 0. The van der Waals surface area contributed by atoms with Crippen LogP contribution in [0.1, 0.15) is 45.7 Å². The molecule has 1 aliphatic rings. The van der Waals surface area contributed by atoms with Gasteiger partial charge in [-0.1, -0.05) is 39.0 Å². The SMILES string of the molecule is CC.CCCN[P@](OCC1CCC(C#N)(c2ccc3c(N)ncnn23)O1)Oc1ccccc1. The molecule has 2 unspecified atom stereocenters. The molecule has 176 valence electrons. The van der Waals surface area contributed by atoms with E-state index in [9.17, 15) is 5.26 Å². The number of benzene rings is 1. The van der Waals surface area contributed by atoms with Gasteiger partial charge in [0.1, 0.15) is 23.7 Å². The Hall–Kier alpha value is -2.76. The largest absolute Gasteiger partial charge is 0.436 e. The van der Waals surface area contributed by atoms with Crippen molar-refractivity contribution in [1.82, 2.24) is 19.7 Å². The zero-order valence-corrected chi connectivity index (χ0v) is 20.2. The smallest absolute Gasteiger partial charge is 0.318 e. The number of nitrogens with zero attached hydrogens (tertiary/aromatic N) is 4. The van der Waals surface area contributed by atoms with E-state index in [0.717, 1.165) is 18.7 Å². The predicted octanol–water partition coefficient (Wildman–Crippen LogP) is 4.56. The number of ether oxygens (including phenoxy) is 1. The molecule has 1 saturated heterocycles. The summed E-state index contributed by atoms with van der Waals surface area (Å²) in [5.41, 5.74) is 6.12. The van der Waals surface area contributed by atoms with Crippen molar-refractivity contribution in [2.24, 2.45) is 0 Å². The maximum Gasteiger partial charge on any atom is 0.318 e. The van der Waals surface area contributed by atoms with E-state index in [0.29, 0.717) is 36.5 Å². The molecule has 0 aliphatic carbocycles. The standard InChI is InChI=1S/C21H25N6O3P.C2H6/c1-2-12-26-31(30-16-6-4-3-5-7-16)28-13-17-10-11-21(14-22,29-17)19-9-8-18-20(23)24-15-25-27(18)19;1-2/h3-9,15,17,26H,2,10-13H2,1H3,(H2,23,24,25);1-2H3/t17?,21?,31-;/m1./s1. The fourth-order valence-corrected chi connectivity index (χ4v) is 4.74. The monoisotopic (exact) mass is 470 g/mol. The van der Waals surface area contributed by atoms with Crippen molar-refractivity contribution in [2.45, 2.75) is 51.7 Å². The molecule has 1 aromatic carbocycles. The molecule has 10 heteroatoms. The van der Waals surface area contributed by atoms with Crippen molar-refractivity contribution in [3.63, 3.8) is 0 Å². The summed E-state index contributed by atoms with van der Waals surface area (Å²) in [7, 11) is -1.33. The summed E-state index contributed by atoms with van der Waals surface area (Å²) in [6, 6.07) is 15.5. The van der Waals surface area contributed by atoms with E-state index in [1.807, 2.05) is 50.2 Å². The van der Waals surface area contributed by atoms with Gasteiger partial charge in [-0.3, -0.25) is 0 Å². The lowest BCUT2D eigenvalue weighted by molar-refractivity contribution is -0.0277. The molecule has 0 bridgehead atoms. The fourth-order valence-electron chi connectivity index (χ4n) is 3.51. The second-order valence-electron chi connectivity index (χ2n) is 7.24. The molecule has 4 rings (SSSR count). The van der Waals surface area contributed by atoms with E-state index >= 15 is 0 Å². The van der Waals surface area contributed by atoms with Crippen molar-refractivity contribution in [3.05, 3.63) is 54.5 Å². The minimum absolute atomic E-state index is 0.239. The van der Waals surface area contributed by atoms with Crippen LogP contribution in [0.25, 0.3) is 5.52 Å². The van der Waals surface area contributed by atoms with Crippen LogP contribution in [-0.4, -0.2) is 33.9 Å². The van der Waals surface area contributed by atoms with Crippen molar-refractivity contribution in [2.75, 3.05) is 18.9 Å². The van der Waals surface area contributed by atoms with Crippen LogP contribution in [0, 0.1) is 11.3 Å². The first-order valence-corrected chi connectivity index (χ1v) is 12.4. The van der Waals surface area contributed by atoms with Gasteiger partial charge in [-0.2, -0.15) is 10.4 Å². The highest BCUT2D eigenvalue weighted by Crippen LogP contribution is 2.42. The molecular formula is C23H31N6O3P. The number of nitrogens with two attached hydrogens (primary N) is 1. The Morgan fingerprint density at radius 1 is 1.30 bits per heavy atom. The van der Waals surface area contributed by atoms with Crippen LogP contribution >= 0.6 is 8.53 Å². The maximum absolute atomic E-state index is 9.99. The molecule has 0 saturated carbocycles. The fraction of sp³-hybridized carbons (Fsp3) is 0.435. The van der Waals surface area contributed by atoms with E-state index in [1.54, 1.807) is 10.6 Å². The number of para-hydroxylation sites is 1. The normalized spacial score (nSPS) is 20.6. The lowest BCUT2D eigenvalue weighted by Gasteiger charge is -2.23. The van der Waals surface area contributed by atoms with Crippen LogP contribution in [0.4, 0.5) is 5.82 Å². The Morgan fingerprint density at radius 3 is 2.82 bits per heavy atom. The van der Waals surface area contributed by atoms with Crippen LogP contribution in [0.2, 0.25) is 0 Å². The number of hydrogen-bond acceptors (Lipinski definition) is 8. The molecule has 0 radical (unpaired) electrons. The van der Waals surface area contributed by atoms with E-state index in [-0.39, 0.29) is 6.10 Å². The van der Waals surface area contributed by atoms with Crippen LogP contribution < -0.4 is 15.3 Å². The van der Waals surface area contributed by atoms with E-state index in [2.05, 4.69) is 28.2 Å². The summed E-state index contributed by atoms with van der Waals surface area (Å²) in [6.07, 6.45) is 3.32. The summed E-state index contributed by atoms with van der Waals surface area (Å²) in [6.45, 7) is 7.19. The number of fused-ring (bicyclic) bond motifs is 1. The van der Waals surface area contributed by atoms with Crippen LogP contribution in [0.3, 0.4) is 0 Å². The van der Waals surface area contributed by atoms with Gasteiger partial charge in [-0.15, -0.1) is 0 Å². The van der Waals surface area contributed by atoms with E-state index in [4.69, 9.17) is 19.5 Å². The molecular weight excluding hydrogens is 439 g/mol. The topological polar surface area (TPSA) is 120 Å². The number of aromatic nitrogens is 3. The number of hydrogen-bond donors (Lipinski definition) is 2. The first kappa shape index (κ1) is 24.9. The van der Waals surface area contributed by atoms with Gasteiger partial charge in [0.05, 0.1) is 18.4 Å². The molecule has 3 aromatic rings. The van der Waals surface area contributed by atoms with Crippen molar-refractivity contribution in [3.8, 4) is 11.8 Å². The zero-order chi connectivity index (χ0) is 23.7. The molecule has 1 fully saturated rings. The van der Waals surface area contributed by atoms with Gasteiger partial charge in [0.25, 0.3) is 0 Å². The Morgan fingerprint density at radius 2 is 2.09 bits per heavy atom. The molecule has 33 heavy (non-hydrogen) atoms. The molecule has 2 aromatic heterocycles. The third-order valence-electron chi connectivity index (χ3n) is 5.06. The number of nitriles is 1. The third kappa shape index (κ3) is 5.79. The Balaban J connectivity index is 0.00000149. The first-order valence-electron chi connectivity index (χ1n) is 11.2. The van der Waals surface area contributed by atoms with Gasteiger partial charge in [0.15, 0.2) is 11.4 Å². The minimum Gasteiger partial charge on any atom is -0.436 e. The Kier molecular flexibility index (Phi) is 8.98. The van der Waals surface area contributed by atoms with Gasteiger partial charge >= 0.3 is 8.53 Å². The molecule has 3 N–H and O–H groups in total. The van der Waals surface area contributed by atoms with Gasteiger partial charge in [-0.25, -0.2) is 14.6 Å². The lowest BCUT2D eigenvalue weighted by atomic mass is 9.98. The first-order chi connectivity index (χ1) is 16.1. The second-order valence-corrected chi connectivity index (χ2v) is 8.51. The predicted molar refractivity (Wildman–Crippen MR) is 128 cm³/mol. The number of nitrogens with one attached hydrogen (secondary N) is 1. The highest BCUT2D eigenvalue weighted by Gasteiger charge is 2.45. The zero-order valence-electron chi connectivity index (χ0n) is 19.3. The second kappa shape index (κ2) is 11.9. The Bertz CT molecular complexity index is 1060. The van der Waals surface area contributed by atoms with Crippen LogP contribution in [-0.2, 0) is 14.9 Å². The molecule has 3 heterocycles. The summed E-state index contributed by atoms with van der Waals surface area (Å²) < 4.78 is 19.9. The van der Waals surface area contributed by atoms with Gasteiger partial charge < -0.3 is 19.5 Å². The molecule has 0 spiro atoms. The molecule has 0 amide bonds. The highest BCUT2D eigenvalue weighted by molar-refractivity contribution is 7.45. The summed E-state index contributed by atoms with van der Waals surface area (Å²) in [5, 5.41) is 17.5. The van der Waals surface area contributed by atoms with Gasteiger partial charge in [0, 0.05) is 6.54 Å². The summed E-state index contributed by atoms with van der Waals surface area (Å²) in [5.74, 6) is 1.10. The summed E-state index contributed by atoms with van der Waals surface area (Å²) in [4.78, 5) is 4.00. The number of rotatable bonds is 9. The van der Waals surface area contributed by atoms with Gasteiger partial charge in [0.2, 0.25) is 0 Å². The highest BCUT2D eigenvalue weighted by atomic mass is 31.2. The van der Waals surface area contributed by atoms with Crippen LogP contribution in [0.15, 0.2) is 48.8 Å². The van der Waals surface area contributed by atoms with E-state index in [1.165, 1.54) is 6.33 Å².